The topological polar surface area (TPSA) is 81.7 Å². The predicted octanol–water partition coefficient (Wildman–Crippen LogP) is -0.192. The summed E-state index contributed by atoms with van der Waals surface area (Å²) in [6.07, 6.45) is 0.836. The number of thioether (sulfide) groups is 1. The largest absolute Gasteiger partial charge is 0.480 e. The van der Waals surface area contributed by atoms with Crippen LogP contribution in [0.1, 0.15) is 6.42 Å². The van der Waals surface area contributed by atoms with E-state index >= 15 is 0 Å². The van der Waals surface area contributed by atoms with E-state index in [2.05, 4.69) is 10.6 Å². The molecule has 1 rings (SSSR count). The summed E-state index contributed by atoms with van der Waals surface area (Å²) in [6, 6.07) is -0.966. The zero-order valence-electron chi connectivity index (χ0n) is 9.94. The van der Waals surface area contributed by atoms with E-state index in [0.717, 1.165) is 18.7 Å². The monoisotopic (exact) mass is 261 g/mol. The first-order valence-electron chi connectivity index (χ1n) is 5.66. The smallest absolute Gasteiger partial charge is 0.327 e. The van der Waals surface area contributed by atoms with Gasteiger partial charge in [-0.1, -0.05) is 0 Å². The minimum absolute atomic E-state index is 0.270. The quantitative estimate of drug-likeness (QED) is 0.598. The molecule has 1 saturated heterocycles. The molecule has 6 nitrogen and oxygen atoms in total. The van der Waals surface area contributed by atoms with Crippen LogP contribution in [0.3, 0.4) is 0 Å². The molecule has 0 bridgehead atoms. The summed E-state index contributed by atoms with van der Waals surface area (Å²) < 4.78 is 0. The molecule has 1 atom stereocenters. The van der Waals surface area contributed by atoms with Crippen LogP contribution in [0.2, 0.25) is 0 Å². The van der Waals surface area contributed by atoms with Crippen LogP contribution < -0.4 is 10.6 Å². The molecule has 0 aliphatic carbocycles. The number of aliphatic carboxylic acids is 1. The maximum atomic E-state index is 11.8. The van der Waals surface area contributed by atoms with Gasteiger partial charge in [-0.15, -0.1) is 0 Å². The van der Waals surface area contributed by atoms with Gasteiger partial charge in [-0.2, -0.15) is 11.8 Å². The van der Waals surface area contributed by atoms with Gasteiger partial charge in [0.05, 0.1) is 0 Å². The van der Waals surface area contributed by atoms with Crippen molar-refractivity contribution in [2.24, 2.45) is 0 Å². The second-order valence-corrected chi connectivity index (χ2v) is 4.96. The van der Waals surface area contributed by atoms with Gasteiger partial charge in [0.2, 0.25) is 0 Å². The summed E-state index contributed by atoms with van der Waals surface area (Å²) >= 11 is 1.57. The van der Waals surface area contributed by atoms with Gasteiger partial charge in [0.1, 0.15) is 6.04 Å². The van der Waals surface area contributed by atoms with Gasteiger partial charge in [0.15, 0.2) is 0 Å². The molecule has 0 aromatic rings. The lowest BCUT2D eigenvalue weighted by Crippen LogP contribution is -2.54. The number of hydrogen-bond donors (Lipinski definition) is 3. The lowest BCUT2D eigenvalue weighted by Gasteiger charge is -2.32. The van der Waals surface area contributed by atoms with Gasteiger partial charge in [0.25, 0.3) is 0 Å². The highest BCUT2D eigenvalue weighted by molar-refractivity contribution is 7.99. The van der Waals surface area contributed by atoms with Crippen molar-refractivity contribution in [1.82, 2.24) is 15.5 Å². The maximum absolute atomic E-state index is 11.8. The van der Waals surface area contributed by atoms with Crippen LogP contribution in [0.5, 0.6) is 0 Å². The lowest BCUT2D eigenvalue weighted by atomic mass is 10.3. The summed E-state index contributed by atoms with van der Waals surface area (Å²) in [6.45, 7) is 1.90. The number of amides is 2. The molecule has 17 heavy (non-hydrogen) atoms. The molecule has 2 amide bonds. The van der Waals surface area contributed by atoms with E-state index in [1.165, 1.54) is 4.90 Å². The van der Waals surface area contributed by atoms with E-state index in [1.54, 1.807) is 11.8 Å². The molecule has 1 heterocycles. The van der Waals surface area contributed by atoms with E-state index in [-0.39, 0.29) is 6.03 Å². The Bertz CT molecular complexity index is 276. The van der Waals surface area contributed by atoms with Crippen molar-refractivity contribution in [1.29, 1.82) is 0 Å². The van der Waals surface area contributed by atoms with Gasteiger partial charge in [-0.3, -0.25) is 0 Å². The zero-order valence-corrected chi connectivity index (χ0v) is 10.8. The Morgan fingerprint density at radius 3 is 2.88 bits per heavy atom. The van der Waals surface area contributed by atoms with Crippen molar-refractivity contribution in [3.63, 3.8) is 0 Å². The molecule has 0 radical (unpaired) electrons. The van der Waals surface area contributed by atoms with Crippen LogP contribution in [0.25, 0.3) is 0 Å². The molecule has 1 aliphatic heterocycles. The fourth-order valence-corrected chi connectivity index (χ4v) is 2.65. The molecule has 0 aromatic heterocycles. The van der Waals surface area contributed by atoms with E-state index in [4.69, 9.17) is 5.11 Å². The first-order valence-corrected chi connectivity index (χ1v) is 6.82. The lowest BCUT2D eigenvalue weighted by molar-refractivity contribution is -0.141. The summed E-state index contributed by atoms with van der Waals surface area (Å²) in [5.41, 5.74) is 0. The van der Waals surface area contributed by atoms with Gasteiger partial charge < -0.3 is 20.6 Å². The Hall–Kier alpha value is -0.950. The predicted molar refractivity (Wildman–Crippen MR) is 67.4 cm³/mol. The number of carbonyl (C=O) groups is 2. The SMILES string of the molecule is CNCCCNC(=O)N1CCSCC1C(=O)O. The van der Waals surface area contributed by atoms with Crippen molar-refractivity contribution >= 4 is 23.8 Å². The molecule has 3 N–H and O–H groups in total. The van der Waals surface area contributed by atoms with E-state index in [9.17, 15) is 9.59 Å². The highest BCUT2D eigenvalue weighted by Gasteiger charge is 2.31. The summed E-state index contributed by atoms with van der Waals surface area (Å²) in [7, 11) is 1.85. The van der Waals surface area contributed by atoms with Crippen LogP contribution in [0.4, 0.5) is 4.79 Å². The molecule has 1 aliphatic rings. The van der Waals surface area contributed by atoms with Crippen molar-refractivity contribution in [2.75, 3.05) is 38.2 Å². The molecule has 1 fully saturated rings. The van der Waals surface area contributed by atoms with Crippen molar-refractivity contribution < 1.29 is 14.7 Å². The first kappa shape index (κ1) is 14.1. The molecule has 1 unspecified atom stereocenters. The molecular formula is C10H19N3O3S. The Balaban J connectivity index is 2.39. The maximum Gasteiger partial charge on any atom is 0.327 e. The van der Waals surface area contributed by atoms with Gasteiger partial charge in [0, 0.05) is 24.6 Å². The van der Waals surface area contributed by atoms with Crippen LogP contribution in [-0.2, 0) is 4.79 Å². The number of hydrogen-bond acceptors (Lipinski definition) is 4. The normalized spacial score (nSPS) is 20.1. The van der Waals surface area contributed by atoms with Crippen molar-refractivity contribution in [3.8, 4) is 0 Å². The Labute approximate surface area is 105 Å². The van der Waals surface area contributed by atoms with Gasteiger partial charge in [-0.25, -0.2) is 9.59 Å². The second-order valence-electron chi connectivity index (χ2n) is 3.81. The van der Waals surface area contributed by atoms with Crippen LogP contribution in [0, 0.1) is 0 Å². The number of urea groups is 1. The van der Waals surface area contributed by atoms with Crippen LogP contribution in [-0.4, -0.2) is 66.2 Å². The third-order valence-electron chi connectivity index (χ3n) is 2.55. The number of carboxylic acid groups (broad SMARTS) is 1. The fourth-order valence-electron chi connectivity index (χ4n) is 1.61. The summed E-state index contributed by atoms with van der Waals surface area (Å²) in [5.74, 6) is 0.343. The van der Waals surface area contributed by atoms with Gasteiger partial charge in [-0.05, 0) is 20.0 Å². The summed E-state index contributed by atoms with van der Waals surface area (Å²) in [4.78, 5) is 24.2. The van der Waals surface area contributed by atoms with E-state index in [1.807, 2.05) is 7.05 Å². The minimum Gasteiger partial charge on any atom is -0.480 e. The van der Waals surface area contributed by atoms with Gasteiger partial charge >= 0.3 is 12.0 Å². The Kier molecular flexibility index (Phi) is 6.13. The minimum atomic E-state index is -0.928. The van der Waals surface area contributed by atoms with E-state index in [0.29, 0.717) is 18.8 Å². The third-order valence-corrected chi connectivity index (χ3v) is 3.58. The highest BCUT2D eigenvalue weighted by Crippen LogP contribution is 2.16. The molecule has 7 heteroatoms. The zero-order chi connectivity index (χ0) is 12.7. The van der Waals surface area contributed by atoms with E-state index < -0.39 is 12.0 Å². The molecule has 0 saturated carbocycles. The number of nitrogens with zero attached hydrogens (tertiary/aromatic N) is 1. The first-order chi connectivity index (χ1) is 8.16. The average Bonchev–Trinajstić information content (AvgIpc) is 2.34. The number of nitrogens with one attached hydrogen (secondary N) is 2. The van der Waals surface area contributed by atoms with Crippen molar-refractivity contribution in [2.45, 2.75) is 12.5 Å². The highest BCUT2D eigenvalue weighted by atomic mass is 32.2. The van der Waals surface area contributed by atoms with Crippen LogP contribution in [0.15, 0.2) is 0 Å². The molecular weight excluding hydrogens is 242 g/mol. The third kappa shape index (κ3) is 4.43. The summed E-state index contributed by atoms with van der Waals surface area (Å²) in [5, 5.41) is 14.8. The fraction of sp³-hybridized carbons (Fsp3) is 0.800. The molecule has 0 spiro atoms. The Morgan fingerprint density at radius 2 is 2.24 bits per heavy atom. The molecule has 0 aromatic carbocycles. The van der Waals surface area contributed by atoms with Crippen LogP contribution >= 0.6 is 11.8 Å². The van der Waals surface area contributed by atoms with Crippen molar-refractivity contribution in [3.05, 3.63) is 0 Å². The molecule has 98 valence electrons. The number of carbonyl (C=O) groups excluding carboxylic acids is 1. The average molecular weight is 261 g/mol. The number of rotatable bonds is 5. The Morgan fingerprint density at radius 1 is 1.47 bits per heavy atom. The standard InChI is InChI=1S/C10H19N3O3S/c1-11-3-2-4-12-10(16)13-5-6-17-7-8(13)9(14)15/h8,11H,2-7H2,1H3,(H,12,16)(H,14,15). The second kappa shape index (κ2) is 7.39. The number of carboxylic acids is 1.